The van der Waals surface area contributed by atoms with Gasteiger partial charge in [0.2, 0.25) is 0 Å². The van der Waals surface area contributed by atoms with E-state index in [0.29, 0.717) is 5.41 Å². The third-order valence-electron chi connectivity index (χ3n) is 17.4. The molecule has 59 heavy (non-hydrogen) atoms. The Hall–Kier alpha value is -5.40. The van der Waals surface area contributed by atoms with E-state index in [1.165, 1.54) is 111 Å². The quantitative estimate of drug-likeness (QED) is 0.169. The van der Waals surface area contributed by atoms with E-state index in [1.807, 2.05) is 0 Å². The van der Waals surface area contributed by atoms with E-state index >= 15 is 0 Å². The molecule has 6 unspecified atom stereocenters. The molecule has 2 spiro atoms. The Morgan fingerprint density at radius 3 is 1.85 bits per heavy atom. The van der Waals surface area contributed by atoms with Gasteiger partial charge >= 0.3 is 0 Å². The van der Waals surface area contributed by atoms with Crippen LogP contribution in [0.4, 0.5) is 17.1 Å². The van der Waals surface area contributed by atoms with Crippen molar-refractivity contribution in [1.29, 1.82) is 0 Å². The molecule has 0 aliphatic heterocycles. The lowest BCUT2D eigenvalue weighted by molar-refractivity contribution is -0.231. The van der Waals surface area contributed by atoms with Crippen LogP contribution in [0, 0.1) is 29.1 Å². The molecular weight excluding hydrogens is 711 g/mol. The normalized spacial score (nSPS) is 28.0. The van der Waals surface area contributed by atoms with Crippen molar-refractivity contribution in [2.75, 3.05) is 4.90 Å². The summed E-state index contributed by atoms with van der Waals surface area (Å²) in [4.78, 5) is 2.63. The lowest BCUT2D eigenvalue weighted by Crippen LogP contribution is -2.73. The minimum absolute atomic E-state index is 0.113. The van der Waals surface area contributed by atoms with Crippen molar-refractivity contribution in [1.82, 2.24) is 0 Å². The van der Waals surface area contributed by atoms with Gasteiger partial charge in [-0.2, -0.15) is 0 Å². The molecule has 0 heterocycles. The number of anilines is 3. The molecule has 0 N–H and O–H groups in total. The van der Waals surface area contributed by atoms with Crippen molar-refractivity contribution >= 4 is 27.8 Å². The van der Waals surface area contributed by atoms with E-state index in [-0.39, 0.29) is 16.2 Å². The fourth-order valence-corrected chi connectivity index (χ4v) is 14.9. The highest BCUT2D eigenvalue weighted by atomic mass is 15.1. The summed E-state index contributed by atoms with van der Waals surface area (Å²) in [5.74, 6) is 3.50. The molecule has 6 aliphatic rings. The second-order valence-electron chi connectivity index (χ2n) is 20.8. The monoisotopic (exact) mass is 763 g/mol. The summed E-state index contributed by atoms with van der Waals surface area (Å²) < 4.78 is 0. The minimum Gasteiger partial charge on any atom is -0.310 e. The molecule has 0 aromatic heterocycles. The fourth-order valence-electron chi connectivity index (χ4n) is 14.9. The number of rotatable bonds is 5. The summed E-state index contributed by atoms with van der Waals surface area (Å²) in [5, 5.41) is 2.58. The highest BCUT2D eigenvalue weighted by Crippen LogP contribution is 2.89. The Balaban J connectivity index is 0.996. The summed E-state index contributed by atoms with van der Waals surface area (Å²) in [6.07, 6.45) is 8.26. The molecule has 1 heteroatoms. The average Bonchev–Trinajstić information content (AvgIpc) is 3.90. The number of hydrogen-bond donors (Lipinski definition) is 0. The van der Waals surface area contributed by atoms with Gasteiger partial charge in [0, 0.05) is 22.4 Å². The first-order chi connectivity index (χ1) is 28.7. The van der Waals surface area contributed by atoms with Gasteiger partial charge in [0.1, 0.15) is 0 Å². The zero-order chi connectivity index (χ0) is 39.5. The lowest BCUT2D eigenvalue weighted by Gasteiger charge is -2.76. The molecule has 6 aliphatic carbocycles. The largest absolute Gasteiger partial charge is 0.310 e. The predicted molar refractivity (Wildman–Crippen MR) is 246 cm³/mol. The van der Waals surface area contributed by atoms with Crippen LogP contribution in [0.5, 0.6) is 0 Å². The topological polar surface area (TPSA) is 3.24 Å². The van der Waals surface area contributed by atoms with Crippen LogP contribution in [-0.4, -0.2) is 0 Å². The van der Waals surface area contributed by atoms with Gasteiger partial charge in [0.05, 0.1) is 5.69 Å². The van der Waals surface area contributed by atoms with Gasteiger partial charge in [-0.25, -0.2) is 0 Å². The van der Waals surface area contributed by atoms with Gasteiger partial charge in [-0.3, -0.25) is 0 Å². The summed E-state index contributed by atoms with van der Waals surface area (Å²) >= 11 is 0. The van der Waals surface area contributed by atoms with Gasteiger partial charge in [0.25, 0.3) is 0 Å². The molecule has 0 radical (unpaired) electrons. The first kappa shape index (κ1) is 34.5. The lowest BCUT2D eigenvalue weighted by atomic mass is 9.27. The average molecular weight is 764 g/mol. The Kier molecular flexibility index (Phi) is 6.81. The fraction of sp³-hybridized carbons (Fsp3) is 0.310. The standard InChI is InChI=1S/C58H53N/c1-55(2)29-30-56(3,4)50-34-41(25-28-48(50)55)59(40-23-21-38(22-24-40)43-27-26-42(37-13-6-5-7-14-37)44-15-8-9-16-45(43)44)51-20-12-19-49-54(51)46-17-10-11-18-47(46)58(49)52-32-36-31-39-33-53(58)57(39,52)35-36/h5-28,34,36,39,52-53H,29-33,35H2,1-4H3. The van der Waals surface area contributed by atoms with Crippen LogP contribution in [-0.2, 0) is 16.2 Å². The molecule has 0 saturated heterocycles. The van der Waals surface area contributed by atoms with E-state index in [0.717, 1.165) is 23.7 Å². The Bertz CT molecular complexity index is 2880. The molecule has 6 atom stereocenters. The highest BCUT2D eigenvalue weighted by molar-refractivity contribution is 6.05. The van der Waals surface area contributed by atoms with Crippen LogP contribution < -0.4 is 4.90 Å². The molecule has 290 valence electrons. The zero-order valence-corrected chi connectivity index (χ0v) is 34.9. The maximum Gasteiger partial charge on any atom is 0.0543 e. The zero-order valence-electron chi connectivity index (χ0n) is 34.9. The van der Waals surface area contributed by atoms with Crippen molar-refractivity contribution < 1.29 is 0 Å². The van der Waals surface area contributed by atoms with E-state index in [4.69, 9.17) is 0 Å². The number of hydrogen-bond acceptors (Lipinski definition) is 1. The van der Waals surface area contributed by atoms with Crippen LogP contribution >= 0.6 is 0 Å². The van der Waals surface area contributed by atoms with Crippen molar-refractivity contribution in [2.45, 2.75) is 82.5 Å². The van der Waals surface area contributed by atoms with Gasteiger partial charge in [-0.15, -0.1) is 0 Å². The third-order valence-corrected chi connectivity index (χ3v) is 17.4. The second-order valence-corrected chi connectivity index (χ2v) is 20.8. The van der Waals surface area contributed by atoms with Gasteiger partial charge < -0.3 is 4.90 Å². The van der Waals surface area contributed by atoms with Crippen molar-refractivity contribution in [2.24, 2.45) is 29.1 Å². The Morgan fingerprint density at radius 2 is 1.10 bits per heavy atom. The molecule has 0 amide bonds. The first-order valence-corrected chi connectivity index (χ1v) is 22.6. The summed E-state index contributed by atoms with van der Waals surface area (Å²) in [6, 6.07) is 58.4. The maximum absolute atomic E-state index is 2.63. The molecule has 7 aromatic carbocycles. The Labute approximate surface area is 350 Å². The second kappa shape index (κ2) is 11.7. The van der Waals surface area contributed by atoms with E-state index in [1.54, 1.807) is 11.1 Å². The van der Waals surface area contributed by atoms with Crippen LogP contribution in [0.3, 0.4) is 0 Å². The minimum atomic E-state index is 0.113. The van der Waals surface area contributed by atoms with Crippen LogP contribution in [0.1, 0.15) is 88.5 Å². The van der Waals surface area contributed by atoms with Crippen molar-refractivity contribution in [3.05, 3.63) is 174 Å². The summed E-state index contributed by atoms with van der Waals surface area (Å²) in [6.45, 7) is 9.82. The number of nitrogens with zero attached hydrogens (tertiary/aromatic N) is 1. The number of fused-ring (bicyclic) bond motifs is 10. The SMILES string of the molecule is CC1(C)CCC(C)(C)c2cc(N(c3ccc(-c4ccc(-c5ccccc5)c5ccccc45)cc3)c3cccc4c3-c3ccccc3C43C4CC5CC6CC3C64C5)ccc21. The third kappa shape index (κ3) is 4.32. The van der Waals surface area contributed by atoms with Gasteiger partial charge in [-0.1, -0.05) is 149 Å². The molecule has 1 nitrogen and oxygen atoms in total. The van der Waals surface area contributed by atoms with Gasteiger partial charge in [0.15, 0.2) is 0 Å². The summed E-state index contributed by atoms with van der Waals surface area (Å²) in [7, 11) is 0. The highest BCUT2D eigenvalue weighted by Gasteiger charge is 2.84. The predicted octanol–water partition coefficient (Wildman–Crippen LogP) is 15.3. The molecule has 4 saturated carbocycles. The molecule has 2 bridgehead atoms. The molecule has 7 aromatic rings. The van der Waals surface area contributed by atoms with Crippen molar-refractivity contribution in [3.8, 4) is 33.4 Å². The first-order valence-electron chi connectivity index (χ1n) is 22.6. The smallest absolute Gasteiger partial charge is 0.0543 e. The Morgan fingerprint density at radius 1 is 0.475 bits per heavy atom. The van der Waals surface area contributed by atoms with E-state index < -0.39 is 0 Å². The number of benzene rings is 7. The maximum atomic E-state index is 2.63. The summed E-state index contributed by atoms with van der Waals surface area (Å²) in [5.41, 5.74) is 19.1. The van der Waals surface area contributed by atoms with Crippen LogP contribution in [0.2, 0.25) is 0 Å². The molecule has 4 fully saturated rings. The van der Waals surface area contributed by atoms with Crippen LogP contribution in [0.25, 0.3) is 44.2 Å². The molecular formula is C58H53N. The van der Waals surface area contributed by atoms with E-state index in [9.17, 15) is 0 Å². The van der Waals surface area contributed by atoms with Crippen molar-refractivity contribution in [3.63, 3.8) is 0 Å². The molecule has 13 rings (SSSR count). The van der Waals surface area contributed by atoms with E-state index in [2.05, 4.69) is 184 Å². The van der Waals surface area contributed by atoms with Gasteiger partial charge in [-0.05, 0) is 170 Å². The van der Waals surface area contributed by atoms with Crippen LogP contribution in [0.15, 0.2) is 152 Å².